The van der Waals surface area contributed by atoms with E-state index in [0.717, 1.165) is 48.6 Å². The fourth-order valence-corrected chi connectivity index (χ4v) is 1.89. The van der Waals surface area contributed by atoms with E-state index < -0.39 is 11.9 Å². The zero-order valence-electron chi connectivity index (χ0n) is 13.3. The Morgan fingerprint density at radius 2 is 1.52 bits per heavy atom. The van der Waals surface area contributed by atoms with Gasteiger partial charge in [-0.05, 0) is 6.42 Å². The van der Waals surface area contributed by atoms with Gasteiger partial charge in [0.1, 0.15) is 19.2 Å². The Balaban J connectivity index is 3.58. The highest BCUT2D eigenvalue weighted by molar-refractivity contribution is 8.68. The number of carbonyl (C=O) groups excluding carboxylic acids is 3. The zero-order chi connectivity index (χ0) is 17.3. The minimum Gasteiger partial charge on any atom is -0.462 e. The van der Waals surface area contributed by atoms with Crippen LogP contribution in [0.5, 0.6) is 0 Å². The van der Waals surface area contributed by atoms with Crippen LogP contribution in [0.1, 0.15) is 45.4 Å². The highest BCUT2D eigenvalue weighted by atomic mass is 33.1. The van der Waals surface area contributed by atoms with Crippen LogP contribution in [-0.2, 0) is 28.6 Å². The lowest BCUT2D eigenvalue weighted by Gasteiger charge is -2.05. The van der Waals surface area contributed by atoms with E-state index in [9.17, 15) is 14.4 Å². The predicted molar refractivity (Wildman–Crippen MR) is 92.0 cm³/mol. The lowest BCUT2D eigenvalue weighted by atomic mass is 10.1. The molecule has 0 atom stereocenters. The van der Waals surface area contributed by atoms with Crippen molar-refractivity contribution in [2.45, 2.75) is 45.4 Å². The number of thiol groups is 1. The van der Waals surface area contributed by atoms with Gasteiger partial charge in [-0.15, -0.1) is 11.7 Å². The van der Waals surface area contributed by atoms with Gasteiger partial charge in [-0.1, -0.05) is 43.4 Å². The van der Waals surface area contributed by atoms with E-state index in [2.05, 4.69) is 23.3 Å². The van der Waals surface area contributed by atoms with Crippen molar-refractivity contribution >= 4 is 40.4 Å². The Hall–Kier alpha value is -1.15. The molecule has 0 heterocycles. The number of ether oxygens (including phenoxy) is 3. The lowest BCUT2D eigenvalue weighted by molar-refractivity contribution is -0.149. The molecule has 0 rings (SSSR count). The second-order valence-corrected chi connectivity index (χ2v) is 5.86. The summed E-state index contributed by atoms with van der Waals surface area (Å²) in [7, 11) is 1.05. The number of carbonyl (C=O) groups is 3. The third-order valence-electron chi connectivity index (χ3n) is 2.68. The van der Waals surface area contributed by atoms with Gasteiger partial charge in [0.05, 0.1) is 0 Å². The Morgan fingerprint density at radius 3 is 2.17 bits per heavy atom. The number of esters is 3. The van der Waals surface area contributed by atoms with Gasteiger partial charge in [-0.2, -0.15) is 0 Å². The van der Waals surface area contributed by atoms with E-state index in [1.165, 1.54) is 6.42 Å². The minimum absolute atomic E-state index is 0.00805. The summed E-state index contributed by atoms with van der Waals surface area (Å²) < 4.78 is 14.4. The van der Waals surface area contributed by atoms with Crippen LogP contribution in [0.15, 0.2) is 12.2 Å². The van der Waals surface area contributed by atoms with E-state index in [-0.39, 0.29) is 25.1 Å². The van der Waals surface area contributed by atoms with Crippen molar-refractivity contribution in [2.24, 2.45) is 0 Å². The van der Waals surface area contributed by atoms with Crippen LogP contribution in [0.2, 0.25) is 0 Å². The van der Waals surface area contributed by atoms with Gasteiger partial charge < -0.3 is 14.2 Å². The molecule has 0 spiro atoms. The summed E-state index contributed by atoms with van der Waals surface area (Å²) in [5.74, 6) is -1.55. The largest absolute Gasteiger partial charge is 0.462 e. The summed E-state index contributed by atoms with van der Waals surface area (Å²) >= 11 is 3.80. The molecular formula is C15H24O6S2. The molecule has 6 nitrogen and oxygen atoms in total. The standard InChI is InChI=1S/C15H24O6S2/c1-2-3-4-5-6-7-13(16)19-10-11-20-14(17)8-9-15(18)21-12-23-22/h8-9,22H,2-7,10-12H2,1H3. The van der Waals surface area contributed by atoms with Crippen LogP contribution in [0.4, 0.5) is 0 Å². The second-order valence-electron chi connectivity index (χ2n) is 4.60. The van der Waals surface area contributed by atoms with E-state index in [0.29, 0.717) is 6.42 Å². The lowest BCUT2D eigenvalue weighted by Crippen LogP contribution is -2.13. The average Bonchev–Trinajstić information content (AvgIpc) is 2.54. The fourth-order valence-electron chi connectivity index (χ4n) is 1.56. The summed E-state index contributed by atoms with van der Waals surface area (Å²) in [6.07, 6.45) is 7.61. The molecule has 0 N–H and O–H groups in total. The summed E-state index contributed by atoms with van der Waals surface area (Å²) in [6.45, 7) is 2.09. The Morgan fingerprint density at radius 1 is 0.913 bits per heavy atom. The maximum atomic E-state index is 11.4. The van der Waals surface area contributed by atoms with Gasteiger partial charge in [0.15, 0.2) is 0 Å². The van der Waals surface area contributed by atoms with Crippen LogP contribution in [0, 0.1) is 0 Å². The summed E-state index contributed by atoms with van der Waals surface area (Å²) in [5.41, 5.74) is 0. The topological polar surface area (TPSA) is 78.9 Å². The smallest absolute Gasteiger partial charge is 0.331 e. The van der Waals surface area contributed by atoms with Crippen LogP contribution in [0.3, 0.4) is 0 Å². The molecule has 0 radical (unpaired) electrons. The zero-order valence-corrected chi connectivity index (χ0v) is 15.0. The summed E-state index contributed by atoms with van der Waals surface area (Å²) in [6, 6.07) is 0. The monoisotopic (exact) mass is 364 g/mol. The molecule has 8 heteroatoms. The van der Waals surface area contributed by atoms with E-state index in [4.69, 9.17) is 9.47 Å². The molecule has 132 valence electrons. The molecule has 0 aromatic heterocycles. The maximum Gasteiger partial charge on any atom is 0.331 e. The fraction of sp³-hybridized carbons (Fsp3) is 0.667. The third kappa shape index (κ3) is 15.5. The van der Waals surface area contributed by atoms with E-state index in [1.54, 1.807) is 0 Å². The average molecular weight is 364 g/mol. The molecule has 0 unspecified atom stereocenters. The van der Waals surface area contributed by atoms with Crippen molar-refractivity contribution in [2.75, 3.05) is 19.2 Å². The van der Waals surface area contributed by atoms with Gasteiger partial charge in [0.2, 0.25) is 0 Å². The molecule has 0 aliphatic heterocycles. The van der Waals surface area contributed by atoms with Crippen molar-refractivity contribution < 1.29 is 28.6 Å². The molecule has 0 bridgehead atoms. The van der Waals surface area contributed by atoms with Gasteiger partial charge in [0.25, 0.3) is 0 Å². The van der Waals surface area contributed by atoms with E-state index in [1.807, 2.05) is 0 Å². The molecule has 0 aliphatic carbocycles. The first kappa shape index (κ1) is 21.9. The number of rotatable bonds is 13. The van der Waals surface area contributed by atoms with E-state index >= 15 is 0 Å². The predicted octanol–water partition coefficient (Wildman–Crippen LogP) is 3.07. The summed E-state index contributed by atoms with van der Waals surface area (Å²) in [4.78, 5) is 33.7. The van der Waals surface area contributed by atoms with Crippen molar-refractivity contribution in [3.8, 4) is 0 Å². The molecule has 0 saturated carbocycles. The first-order chi connectivity index (χ1) is 11.1. The molecule has 0 aliphatic rings. The third-order valence-corrected chi connectivity index (χ3v) is 3.22. The highest BCUT2D eigenvalue weighted by Gasteiger charge is 2.04. The van der Waals surface area contributed by atoms with Crippen LogP contribution in [-0.4, -0.2) is 37.1 Å². The van der Waals surface area contributed by atoms with Gasteiger partial charge >= 0.3 is 17.9 Å². The van der Waals surface area contributed by atoms with Crippen molar-refractivity contribution in [1.29, 1.82) is 0 Å². The maximum absolute atomic E-state index is 11.4. The summed E-state index contributed by atoms with van der Waals surface area (Å²) in [5, 5.41) is 0. The first-order valence-corrected chi connectivity index (χ1v) is 9.57. The van der Waals surface area contributed by atoms with Gasteiger partial charge in [-0.3, -0.25) is 4.79 Å². The van der Waals surface area contributed by atoms with Gasteiger partial charge in [-0.25, -0.2) is 9.59 Å². The molecule has 0 fully saturated rings. The van der Waals surface area contributed by atoms with Crippen molar-refractivity contribution in [1.82, 2.24) is 0 Å². The number of unbranched alkanes of at least 4 members (excludes halogenated alkanes) is 4. The number of hydrogen-bond donors (Lipinski definition) is 1. The SMILES string of the molecule is CCCCCCCC(=O)OCCOC(=O)C=CC(=O)OCSS. The van der Waals surface area contributed by atoms with Crippen molar-refractivity contribution in [3.63, 3.8) is 0 Å². The number of hydrogen-bond acceptors (Lipinski definition) is 8. The molecular weight excluding hydrogens is 340 g/mol. The minimum atomic E-state index is -0.698. The van der Waals surface area contributed by atoms with Crippen molar-refractivity contribution in [3.05, 3.63) is 12.2 Å². The van der Waals surface area contributed by atoms with Crippen LogP contribution >= 0.6 is 22.5 Å². The van der Waals surface area contributed by atoms with Crippen LogP contribution < -0.4 is 0 Å². The Bertz CT molecular complexity index is 384. The highest BCUT2D eigenvalue weighted by Crippen LogP contribution is 2.06. The quantitative estimate of drug-likeness (QED) is 0.102. The van der Waals surface area contributed by atoms with Crippen LogP contribution in [0.25, 0.3) is 0 Å². The van der Waals surface area contributed by atoms with Gasteiger partial charge in [0, 0.05) is 18.6 Å². The normalized spacial score (nSPS) is 10.5. The molecule has 0 amide bonds. The second kappa shape index (κ2) is 15.7. The molecule has 0 saturated heterocycles. The Kier molecular flexibility index (Phi) is 14.9. The first-order valence-electron chi connectivity index (χ1n) is 7.53. The molecule has 23 heavy (non-hydrogen) atoms. The molecule has 0 aromatic carbocycles. The Labute approximate surface area is 146 Å². The molecule has 0 aromatic rings.